The van der Waals surface area contributed by atoms with Crippen molar-refractivity contribution in [2.45, 2.75) is 19.4 Å². The molecule has 2 N–H and O–H groups in total. The quantitative estimate of drug-likeness (QED) is 0.553. The molecule has 0 spiro atoms. The summed E-state index contributed by atoms with van der Waals surface area (Å²) >= 11 is 0. The maximum Gasteiger partial charge on any atom is 0.0498 e. The van der Waals surface area contributed by atoms with Crippen LogP contribution in [0.4, 0.5) is 0 Å². The third-order valence-electron chi connectivity index (χ3n) is 1.90. The Labute approximate surface area is 60.6 Å². The summed E-state index contributed by atoms with van der Waals surface area (Å²) in [4.78, 5) is 0. The fourth-order valence-corrected chi connectivity index (χ4v) is 1.17. The van der Waals surface area contributed by atoms with Crippen molar-refractivity contribution in [3.63, 3.8) is 0 Å². The van der Waals surface area contributed by atoms with Crippen molar-refractivity contribution in [2.75, 3.05) is 19.6 Å². The first kappa shape index (κ1) is 7.94. The molecular formula is C6H14N2O2. The normalized spacial score (nSPS) is 30.9. The lowest BCUT2D eigenvalue weighted by Gasteiger charge is -2.33. The zero-order chi connectivity index (χ0) is 7.56. The molecule has 60 valence electrons. The summed E-state index contributed by atoms with van der Waals surface area (Å²) in [5, 5.41) is 20.8. The van der Waals surface area contributed by atoms with Gasteiger partial charge >= 0.3 is 0 Å². The Kier molecular flexibility index (Phi) is 2.62. The molecule has 1 unspecified atom stereocenters. The molecule has 0 amide bonds. The lowest BCUT2D eigenvalue weighted by Crippen LogP contribution is -2.50. The van der Waals surface area contributed by atoms with E-state index in [2.05, 4.69) is 0 Å². The van der Waals surface area contributed by atoms with E-state index in [1.165, 1.54) is 10.1 Å². The van der Waals surface area contributed by atoms with Crippen LogP contribution >= 0.6 is 0 Å². The van der Waals surface area contributed by atoms with E-state index < -0.39 is 0 Å². The van der Waals surface area contributed by atoms with Crippen molar-refractivity contribution in [3.8, 4) is 0 Å². The van der Waals surface area contributed by atoms with Crippen LogP contribution in [0.1, 0.15) is 13.3 Å². The van der Waals surface area contributed by atoms with Crippen molar-refractivity contribution in [1.82, 2.24) is 10.1 Å². The number of piperazine rings is 1. The topological polar surface area (TPSA) is 46.9 Å². The number of nitrogens with zero attached hydrogens (tertiary/aromatic N) is 2. The van der Waals surface area contributed by atoms with E-state index in [1.54, 1.807) is 0 Å². The van der Waals surface area contributed by atoms with Crippen LogP contribution in [0.5, 0.6) is 0 Å². The Hall–Kier alpha value is -0.160. The summed E-state index contributed by atoms with van der Waals surface area (Å²) in [7, 11) is 0. The molecule has 1 atom stereocenters. The van der Waals surface area contributed by atoms with Gasteiger partial charge in [-0.3, -0.25) is 0 Å². The van der Waals surface area contributed by atoms with Gasteiger partial charge in [0.15, 0.2) is 0 Å². The summed E-state index contributed by atoms with van der Waals surface area (Å²) in [5.74, 6) is 0. The van der Waals surface area contributed by atoms with Crippen LogP contribution in [0.15, 0.2) is 0 Å². The van der Waals surface area contributed by atoms with E-state index in [0.29, 0.717) is 19.6 Å². The minimum Gasteiger partial charge on any atom is -0.314 e. The van der Waals surface area contributed by atoms with Gasteiger partial charge in [0.25, 0.3) is 0 Å². The second-order valence-corrected chi connectivity index (χ2v) is 2.64. The van der Waals surface area contributed by atoms with Gasteiger partial charge in [-0.1, -0.05) is 6.92 Å². The number of rotatable bonds is 1. The van der Waals surface area contributed by atoms with Crippen molar-refractivity contribution in [3.05, 3.63) is 0 Å². The van der Waals surface area contributed by atoms with Crippen LogP contribution in [-0.4, -0.2) is 46.2 Å². The molecule has 0 aromatic carbocycles. The molecule has 4 heteroatoms. The SMILES string of the molecule is CCC1CN(O)CCN1O. The van der Waals surface area contributed by atoms with Gasteiger partial charge in [0.05, 0.1) is 0 Å². The summed E-state index contributed by atoms with van der Waals surface area (Å²) < 4.78 is 0. The van der Waals surface area contributed by atoms with E-state index >= 15 is 0 Å². The fourth-order valence-electron chi connectivity index (χ4n) is 1.17. The highest BCUT2D eigenvalue weighted by Gasteiger charge is 2.22. The number of hydrogen-bond acceptors (Lipinski definition) is 4. The predicted octanol–water partition coefficient (Wildman–Crippen LogP) is 0.161. The Bertz CT molecular complexity index is 110. The van der Waals surface area contributed by atoms with E-state index in [1.807, 2.05) is 6.92 Å². The van der Waals surface area contributed by atoms with Crippen molar-refractivity contribution >= 4 is 0 Å². The summed E-state index contributed by atoms with van der Waals surface area (Å²) in [6.45, 7) is 3.61. The highest BCUT2D eigenvalue weighted by molar-refractivity contribution is 4.71. The summed E-state index contributed by atoms with van der Waals surface area (Å²) in [6.07, 6.45) is 0.869. The second kappa shape index (κ2) is 3.30. The van der Waals surface area contributed by atoms with Gasteiger partial charge in [0.1, 0.15) is 0 Å². The Morgan fingerprint density at radius 3 is 2.60 bits per heavy atom. The van der Waals surface area contributed by atoms with E-state index in [0.717, 1.165) is 6.42 Å². The molecule has 0 aromatic heterocycles. The van der Waals surface area contributed by atoms with Crippen LogP contribution in [0, 0.1) is 0 Å². The first-order valence-corrected chi connectivity index (χ1v) is 3.63. The standard InChI is InChI=1S/C6H14N2O2/c1-2-6-5-7(9)3-4-8(6)10/h6,9-10H,2-5H2,1H3. The maximum atomic E-state index is 9.18. The highest BCUT2D eigenvalue weighted by atomic mass is 16.5. The van der Waals surface area contributed by atoms with Crippen LogP contribution in [0.25, 0.3) is 0 Å². The van der Waals surface area contributed by atoms with Gasteiger partial charge in [-0.15, -0.1) is 0 Å². The molecular weight excluding hydrogens is 132 g/mol. The Morgan fingerprint density at radius 2 is 2.10 bits per heavy atom. The zero-order valence-electron chi connectivity index (χ0n) is 6.19. The molecule has 1 rings (SSSR count). The van der Waals surface area contributed by atoms with Crippen LogP contribution in [-0.2, 0) is 0 Å². The minimum atomic E-state index is 0.0961. The molecule has 0 bridgehead atoms. The van der Waals surface area contributed by atoms with Gasteiger partial charge < -0.3 is 10.4 Å². The van der Waals surface area contributed by atoms with Gasteiger partial charge in [-0.2, -0.15) is 10.1 Å². The molecule has 1 fully saturated rings. The number of hydrogen-bond donors (Lipinski definition) is 2. The first-order valence-electron chi connectivity index (χ1n) is 3.63. The maximum absolute atomic E-state index is 9.18. The lowest BCUT2D eigenvalue weighted by atomic mass is 10.2. The molecule has 1 aliphatic heterocycles. The molecule has 1 saturated heterocycles. The predicted molar refractivity (Wildman–Crippen MR) is 35.9 cm³/mol. The largest absolute Gasteiger partial charge is 0.314 e. The Morgan fingerprint density at radius 1 is 1.40 bits per heavy atom. The molecule has 0 radical (unpaired) electrons. The summed E-state index contributed by atoms with van der Waals surface area (Å²) in [5.41, 5.74) is 0. The molecule has 0 aromatic rings. The van der Waals surface area contributed by atoms with Gasteiger partial charge in [-0.05, 0) is 6.42 Å². The molecule has 1 aliphatic rings. The second-order valence-electron chi connectivity index (χ2n) is 2.64. The van der Waals surface area contributed by atoms with E-state index in [4.69, 9.17) is 5.21 Å². The summed E-state index contributed by atoms with van der Waals surface area (Å²) in [6, 6.07) is 0.0961. The molecule has 1 heterocycles. The van der Waals surface area contributed by atoms with Gasteiger partial charge in [-0.25, -0.2) is 0 Å². The van der Waals surface area contributed by atoms with Crippen molar-refractivity contribution in [2.24, 2.45) is 0 Å². The average Bonchev–Trinajstić information content (AvgIpc) is 1.94. The van der Waals surface area contributed by atoms with Crippen molar-refractivity contribution < 1.29 is 10.4 Å². The van der Waals surface area contributed by atoms with E-state index in [-0.39, 0.29) is 6.04 Å². The van der Waals surface area contributed by atoms with Crippen molar-refractivity contribution in [1.29, 1.82) is 0 Å². The van der Waals surface area contributed by atoms with Gasteiger partial charge in [0.2, 0.25) is 0 Å². The fraction of sp³-hybridized carbons (Fsp3) is 1.00. The third kappa shape index (κ3) is 1.67. The first-order chi connectivity index (χ1) is 4.74. The average molecular weight is 146 g/mol. The van der Waals surface area contributed by atoms with Crippen LogP contribution < -0.4 is 0 Å². The smallest absolute Gasteiger partial charge is 0.0498 e. The minimum absolute atomic E-state index is 0.0961. The lowest BCUT2D eigenvalue weighted by molar-refractivity contribution is -0.213. The van der Waals surface area contributed by atoms with Gasteiger partial charge in [0, 0.05) is 25.7 Å². The molecule has 0 aliphatic carbocycles. The highest BCUT2D eigenvalue weighted by Crippen LogP contribution is 2.07. The Balaban J connectivity index is 2.38. The van der Waals surface area contributed by atoms with E-state index in [9.17, 15) is 5.21 Å². The third-order valence-corrected chi connectivity index (χ3v) is 1.90. The molecule has 4 nitrogen and oxygen atoms in total. The monoisotopic (exact) mass is 146 g/mol. The zero-order valence-corrected chi connectivity index (χ0v) is 6.19. The molecule has 0 saturated carbocycles. The molecule has 10 heavy (non-hydrogen) atoms. The van der Waals surface area contributed by atoms with Crippen LogP contribution in [0.2, 0.25) is 0 Å². The van der Waals surface area contributed by atoms with Crippen LogP contribution in [0.3, 0.4) is 0 Å². The number of hydroxylamine groups is 4.